The molecule has 0 spiro atoms. The Kier molecular flexibility index (Phi) is 4.81. The molecule has 0 saturated heterocycles. The molecule has 1 heterocycles. The molecule has 0 atom stereocenters. The number of amidine groups is 1. The monoisotopic (exact) mass is 403 g/mol. The molecule has 1 aliphatic rings. The molecule has 0 bridgehead atoms. The number of halogens is 1. The number of non-ortho nitro benzene ring substituents is 1. The summed E-state index contributed by atoms with van der Waals surface area (Å²) < 4.78 is 13.4. The number of carbonyl (C=O) groups is 1. The number of rotatable bonds is 4. The summed E-state index contributed by atoms with van der Waals surface area (Å²) in [7, 11) is 0. The Balaban J connectivity index is 1.78. The lowest BCUT2D eigenvalue weighted by atomic mass is 10.1. The van der Waals surface area contributed by atoms with Gasteiger partial charge in [-0.2, -0.15) is 0 Å². The van der Waals surface area contributed by atoms with Crippen molar-refractivity contribution in [3.05, 3.63) is 106 Å². The summed E-state index contributed by atoms with van der Waals surface area (Å²) >= 11 is 0. The fourth-order valence-electron chi connectivity index (χ4n) is 3.00. The van der Waals surface area contributed by atoms with E-state index in [0.717, 1.165) is 0 Å². The Labute approximate surface area is 170 Å². The maximum absolute atomic E-state index is 13.4. The molecule has 1 N–H and O–H groups in total. The van der Waals surface area contributed by atoms with Crippen molar-refractivity contribution < 1.29 is 19.2 Å². The van der Waals surface area contributed by atoms with Crippen LogP contribution < -0.4 is 4.90 Å². The number of anilines is 1. The average Bonchev–Trinajstić information content (AvgIpc) is 3.06. The lowest BCUT2D eigenvalue weighted by Crippen LogP contribution is -2.32. The standard InChI is InChI=1S/C22H14FN3O4/c23-16-5-3-15(4-6-16)21-24-20(13-14-1-7-18(8-2-14)26(29)30)22(28)25(21)17-9-11-19(27)12-10-17/h1-13,27H/b20-13+. The van der Waals surface area contributed by atoms with Crippen molar-refractivity contribution >= 4 is 29.2 Å². The molecule has 3 aromatic rings. The topological polar surface area (TPSA) is 96.0 Å². The Morgan fingerprint density at radius 2 is 1.60 bits per heavy atom. The fourth-order valence-corrected chi connectivity index (χ4v) is 3.00. The predicted octanol–water partition coefficient (Wildman–Crippen LogP) is 4.27. The van der Waals surface area contributed by atoms with E-state index < -0.39 is 16.6 Å². The minimum Gasteiger partial charge on any atom is -0.508 e. The second kappa shape index (κ2) is 7.59. The van der Waals surface area contributed by atoms with Crippen LogP contribution in [0.25, 0.3) is 6.08 Å². The summed E-state index contributed by atoms with van der Waals surface area (Å²) in [5.41, 5.74) is 1.64. The number of benzene rings is 3. The summed E-state index contributed by atoms with van der Waals surface area (Å²) in [5.74, 6) is -0.481. The van der Waals surface area contributed by atoms with Crippen molar-refractivity contribution in [2.75, 3.05) is 4.90 Å². The molecule has 1 aliphatic heterocycles. The second-order valence-corrected chi connectivity index (χ2v) is 6.48. The zero-order valence-corrected chi connectivity index (χ0v) is 15.4. The van der Waals surface area contributed by atoms with E-state index in [9.17, 15) is 24.4 Å². The van der Waals surface area contributed by atoms with Crippen LogP contribution in [0, 0.1) is 15.9 Å². The number of amides is 1. The highest BCUT2D eigenvalue weighted by Gasteiger charge is 2.32. The van der Waals surface area contributed by atoms with Crippen LogP contribution in [-0.2, 0) is 4.79 Å². The van der Waals surface area contributed by atoms with E-state index in [-0.39, 0.29) is 17.1 Å². The van der Waals surface area contributed by atoms with Gasteiger partial charge in [-0.1, -0.05) is 0 Å². The summed E-state index contributed by atoms with van der Waals surface area (Å²) in [5, 5.41) is 20.4. The molecule has 30 heavy (non-hydrogen) atoms. The summed E-state index contributed by atoms with van der Waals surface area (Å²) in [6.45, 7) is 0. The lowest BCUT2D eigenvalue weighted by Gasteiger charge is -2.18. The van der Waals surface area contributed by atoms with Crippen LogP contribution in [-0.4, -0.2) is 21.8 Å². The first-order valence-electron chi connectivity index (χ1n) is 8.86. The number of nitrogens with zero attached hydrogens (tertiary/aromatic N) is 3. The number of nitro groups is 1. The highest BCUT2D eigenvalue weighted by atomic mass is 19.1. The third-order valence-electron chi connectivity index (χ3n) is 4.48. The van der Waals surface area contributed by atoms with Crippen molar-refractivity contribution in [2.45, 2.75) is 0 Å². The maximum Gasteiger partial charge on any atom is 0.282 e. The molecule has 0 aromatic heterocycles. The summed E-state index contributed by atoms with van der Waals surface area (Å²) in [6, 6.07) is 17.3. The van der Waals surface area contributed by atoms with Gasteiger partial charge in [0.2, 0.25) is 0 Å². The largest absolute Gasteiger partial charge is 0.508 e. The molecule has 0 radical (unpaired) electrons. The number of hydrogen-bond donors (Lipinski definition) is 1. The molecule has 1 amide bonds. The normalized spacial score (nSPS) is 14.8. The molecule has 8 heteroatoms. The summed E-state index contributed by atoms with van der Waals surface area (Å²) in [6.07, 6.45) is 1.52. The van der Waals surface area contributed by atoms with E-state index in [0.29, 0.717) is 22.6 Å². The van der Waals surface area contributed by atoms with E-state index in [1.807, 2.05) is 0 Å². The molecule has 0 aliphatic carbocycles. The minimum atomic E-state index is -0.505. The van der Waals surface area contributed by atoms with Crippen molar-refractivity contribution in [1.29, 1.82) is 0 Å². The van der Waals surface area contributed by atoms with E-state index in [4.69, 9.17) is 0 Å². The number of aliphatic imine (C=N–C) groups is 1. The smallest absolute Gasteiger partial charge is 0.282 e. The van der Waals surface area contributed by atoms with Gasteiger partial charge in [0.25, 0.3) is 11.6 Å². The number of hydrogen-bond acceptors (Lipinski definition) is 5. The number of phenols is 1. The van der Waals surface area contributed by atoms with Gasteiger partial charge in [-0.3, -0.25) is 19.8 Å². The van der Waals surface area contributed by atoms with Crippen LogP contribution >= 0.6 is 0 Å². The molecule has 148 valence electrons. The van der Waals surface area contributed by atoms with Crippen LogP contribution in [0.1, 0.15) is 11.1 Å². The van der Waals surface area contributed by atoms with E-state index >= 15 is 0 Å². The number of phenolic OH excluding ortho intramolecular Hbond substituents is 1. The average molecular weight is 403 g/mol. The first kappa shape index (κ1) is 19.0. The van der Waals surface area contributed by atoms with Gasteiger partial charge in [0, 0.05) is 17.7 Å². The van der Waals surface area contributed by atoms with Gasteiger partial charge in [0.15, 0.2) is 0 Å². The molecular weight excluding hydrogens is 389 g/mol. The third kappa shape index (κ3) is 3.66. The maximum atomic E-state index is 13.4. The van der Waals surface area contributed by atoms with Crippen LogP contribution in [0.3, 0.4) is 0 Å². The van der Waals surface area contributed by atoms with Crippen molar-refractivity contribution in [2.24, 2.45) is 4.99 Å². The molecule has 4 rings (SSSR count). The number of carbonyl (C=O) groups excluding carboxylic acids is 1. The molecule has 0 fully saturated rings. The van der Waals surface area contributed by atoms with Gasteiger partial charge in [-0.05, 0) is 72.3 Å². The van der Waals surface area contributed by atoms with Crippen LogP contribution in [0.5, 0.6) is 5.75 Å². The Bertz CT molecular complexity index is 1180. The van der Waals surface area contributed by atoms with Crippen molar-refractivity contribution in [3.63, 3.8) is 0 Å². The quantitative estimate of drug-likeness (QED) is 0.400. The molecule has 7 nitrogen and oxygen atoms in total. The molecular formula is C22H14FN3O4. The zero-order chi connectivity index (χ0) is 21.3. The Morgan fingerprint density at radius 3 is 2.20 bits per heavy atom. The van der Waals surface area contributed by atoms with Gasteiger partial charge in [0.1, 0.15) is 23.1 Å². The summed E-state index contributed by atoms with van der Waals surface area (Å²) in [4.78, 5) is 29.2. The number of nitro benzene ring substituents is 1. The highest BCUT2D eigenvalue weighted by molar-refractivity contribution is 6.33. The first-order valence-corrected chi connectivity index (χ1v) is 8.86. The minimum absolute atomic E-state index is 0.0484. The Hall–Kier alpha value is -4.33. The second-order valence-electron chi connectivity index (χ2n) is 6.48. The van der Waals surface area contributed by atoms with Gasteiger partial charge in [-0.15, -0.1) is 0 Å². The third-order valence-corrected chi connectivity index (χ3v) is 4.48. The SMILES string of the molecule is O=C1/C(=C\c2ccc([N+](=O)[O-])cc2)N=C(c2ccc(F)cc2)N1c1ccc(O)cc1. The van der Waals surface area contributed by atoms with Crippen molar-refractivity contribution in [3.8, 4) is 5.75 Å². The van der Waals surface area contributed by atoms with Gasteiger partial charge in [0.05, 0.1) is 10.6 Å². The van der Waals surface area contributed by atoms with Crippen LogP contribution in [0.2, 0.25) is 0 Å². The lowest BCUT2D eigenvalue weighted by molar-refractivity contribution is -0.384. The molecule has 0 saturated carbocycles. The van der Waals surface area contributed by atoms with Gasteiger partial charge < -0.3 is 5.11 Å². The number of aromatic hydroxyl groups is 1. The van der Waals surface area contributed by atoms with Crippen LogP contribution in [0.15, 0.2) is 83.5 Å². The fraction of sp³-hybridized carbons (Fsp3) is 0. The van der Waals surface area contributed by atoms with Gasteiger partial charge in [-0.25, -0.2) is 9.38 Å². The molecule has 3 aromatic carbocycles. The first-order chi connectivity index (χ1) is 14.4. The Morgan fingerprint density at radius 1 is 0.967 bits per heavy atom. The predicted molar refractivity (Wildman–Crippen MR) is 110 cm³/mol. The van der Waals surface area contributed by atoms with Crippen LogP contribution in [0.4, 0.5) is 15.8 Å². The van der Waals surface area contributed by atoms with Crippen molar-refractivity contribution in [1.82, 2.24) is 0 Å². The van der Waals surface area contributed by atoms with E-state index in [1.54, 1.807) is 12.1 Å². The van der Waals surface area contributed by atoms with E-state index in [2.05, 4.69) is 4.99 Å². The molecule has 0 unspecified atom stereocenters. The zero-order valence-electron chi connectivity index (χ0n) is 15.4. The van der Waals surface area contributed by atoms with E-state index in [1.165, 1.54) is 71.6 Å². The highest BCUT2D eigenvalue weighted by Crippen LogP contribution is 2.29. The van der Waals surface area contributed by atoms with Gasteiger partial charge >= 0.3 is 0 Å².